The molecule has 1 aliphatic rings. The molecule has 1 amide bonds. The van der Waals surface area contributed by atoms with E-state index < -0.39 is 23.8 Å². The normalized spacial score (nSPS) is 19.9. The van der Waals surface area contributed by atoms with Gasteiger partial charge in [-0.25, -0.2) is 4.68 Å². The van der Waals surface area contributed by atoms with Crippen molar-refractivity contribution < 1.29 is 14.7 Å². The van der Waals surface area contributed by atoms with E-state index in [1.165, 1.54) is 6.07 Å². The molecule has 1 saturated carbocycles. The van der Waals surface area contributed by atoms with Gasteiger partial charge in [0, 0.05) is 17.7 Å². The fourth-order valence-electron chi connectivity index (χ4n) is 3.49. The van der Waals surface area contributed by atoms with E-state index in [1.54, 1.807) is 6.07 Å². The standard InChI is InChI=1S/C20H23N3O4/c24-18(21-17-10-6-2-5-9-15(17)20(26)27)13-23-19(25)12-11-16(22-23)14-7-3-1-4-8-14/h1,3-4,7-8,11-12,15,17H,2,5-6,9-10,13H2,(H,21,24)(H,26,27)/t15-,17+/m1/s1. The quantitative estimate of drug-likeness (QED) is 0.786. The van der Waals surface area contributed by atoms with Crippen LogP contribution in [0.4, 0.5) is 0 Å². The second-order valence-corrected chi connectivity index (χ2v) is 6.84. The fourth-order valence-corrected chi connectivity index (χ4v) is 3.49. The Labute approximate surface area is 157 Å². The van der Waals surface area contributed by atoms with Crippen LogP contribution in [-0.4, -0.2) is 32.8 Å². The summed E-state index contributed by atoms with van der Waals surface area (Å²) in [6, 6.07) is 12.0. The third-order valence-corrected chi connectivity index (χ3v) is 4.91. The number of rotatable bonds is 5. The lowest BCUT2D eigenvalue weighted by molar-refractivity contribution is -0.143. The summed E-state index contributed by atoms with van der Waals surface area (Å²) in [6.45, 7) is -0.234. The summed E-state index contributed by atoms with van der Waals surface area (Å²) in [7, 11) is 0. The number of amides is 1. The largest absolute Gasteiger partial charge is 0.481 e. The van der Waals surface area contributed by atoms with Crippen molar-refractivity contribution in [2.24, 2.45) is 5.92 Å². The van der Waals surface area contributed by atoms with E-state index in [-0.39, 0.29) is 12.1 Å². The van der Waals surface area contributed by atoms with E-state index >= 15 is 0 Å². The van der Waals surface area contributed by atoms with Gasteiger partial charge in [0.05, 0.1) is 11.6 Å². The van der Waals surface area contributed by atoms with E-state index in [9.17, 15) is 19.5 Å². The molecule has 1 aromatic heterocycles. The van der Waals surface area contributed by atoms with E-state index in [0.29, 0.717) is 18.5 Å². The summed E-state index contributed by atoms with van der Waals surface area (Å²) in [5, 5.41) is 16.5. The average Bonchev–Trinajstić information content (AvgIpc) is 2.90. The number of benzene rings is 1. The molecular formula is C20H23N3O4. The van der Waals surface area contributed by atoms with Crippen LogP contribution >= 0.6 is 0 Å². The molecule has 2 atom stereocenters. The van der Waals surface area contributed by atoms with Gasteiger partial charge < -0.3 is 10.4 Å². The molecule has 0 radical (unpaired) electrons. The highest BCUT2D eigenvalue weighted by atomic mass is 16.4. The van der Waals surface area contributed by atoms with Crippen LogP contribution in [0.1, 0.15) is 32.1 Å². The molecule has 2 aromatic rings. The van der Waals surface area contributed by atoms with Gasteiger partial charge in [0.2, 0.25) is 5.91 Å². The number of carboxylic acids is 1. The summed E-state index contributed by atoms with van der Waals surface area (Å²) in [4.78, 5) is 36.0. The highest BCUT2D eigenvalue weighted by Gasteiger charge is 2.30. The first-order valence-electron chi connectivity index (χ1n) is 9.20. The number of aliphatic carboxylic acids is 1. The van der Waals surface area contributed by atoms with Gasteiger partial charge in [0.25, 0.3) is 5.56 Å². The van der Waals surface area contributed by atoms with Gasteiger partial charge in [-0.2, -0.15) is 5.10 Å². The van der Waals surface area contributed by atoms with E-state index in [0.717, 1.165) is 29.5 Å². The summed E-state index contributed by atoms with van der Waals surface area (Å²) < 4.78 is 1.12. The Balaban J connectivity index is 1.73. The number of nitrogens with one attached hydrogen (secondary N) is 1. The molecular weight excluding hydrogens is 346 g/mol. The second-order valence-electron chi connectivity index (χ2n) is 6.84. The minimum Gasteiger partial charge on any atom is -0.481 e. The van der Waals surface area contributed by atoms with Crippen LogP contribution in [0.2, 0.25) is 0 Å². The maximum absolute atomic E-state index is 12.5. The Morgan fingerprint density at radius 3 is 2.56 bits per heavy atom. The molecule has 0 spiro atoms. The maximum atomic E-state index is 12.5. The smallest absolute Gasteiger partial charge is 0.308 e. The molecule has 27 heavy (non-hydrogen) atoms. The highest BCUT2D eigenvalue weighted by Crippen LogP contribution is 2.23. The molecule has 3 rings (SSSR count). The Morgan fingerprint density at radius 1 is 1.07 bits per heavy atom. The van der Waals surface area contributed by atoms with Gasteiger partial charge in [-0.05, 0) is 18.9 Å². The lowest BCUT2D eigenvalue weighted by Gasteiger charge is -2.23. The van der Waals surface area contributed by atoms with Crippen LogP contribution in [0.5, 0.6) is 0 Å². The topological polar surface area (TPSA) is 101 Å². The minimum atomic E-state index is -0.886. The van der Waals surface area contributed by atoms with Crippen molar-refractivity contribution in [2.45, 2.75) is 44.7 Å². The first-order valence-corrected chi connectivity index (χ1v) is 9.20. The highest BCUT2D eigenvalue weighted by molar-refractivity contribution is 5.78. The molecule has 0 bridgehead atoms. The fraction of sp³-hybridized carbons (Fsp3) is 0.400. The van der Waals surface area contributed by atoms with E-state index in [2.05, 4.69) is 10.4 Å². The monoisotopic (exact) mass is 369 g/mol. The van der Waals surface area contributed by atoms with E-state index in [4.69, 9.17) is 0 Å². The predicted octanol–water partition coefficient (Wildman–Crippen LogP) is 2.06. The number of aromatic nitrogens is 2. The van der Waals surface area contributed by atoms with Crippen molar-refractivity contribution in [3.63, 3.8) is 0 Å². The predicted molar refractivity (Wildman–Crippen MR) is 100 cm³/mol. The lowest BCUT2D eigenvalue weighted by Crippen LogP contribution is -2.45. The third-order valence-electron chi connectivity index (χ3n) is 4.91. The summed E-state index contributed by atoms with van der Waals surface area (Å²) >= 11 is 0. The molecule has 1 aromatic carbocycles. The number of nitrogens with zero attached hydrogens (tertiary/aromatic N) is 2. The average molecular weight is 369 g/mol. The number of hydrogen-bond donors (Lipinski definition) is 2. The molecule has 7 heteroatoms. The van der Waals surface area contributed by atoms with Crippen LogP contribution in [0.3, 0.4) is 0 Å². The maximum Gasteiger partial charge on any atom is 0.308 e. The SMILES string of the molecule is O=C(Cn1nc(-c2ccccc2)ccc1=O)N[C@H]1CCCCC[C@H]1C(=O)O. The number of hydrogen-bond acceptors (Lipinski definition) is 4. The molecule has 1 aliphatic carbocycles. The molecule has 1 fully saturated rings. The van der Waals surface area contributed by atoms with Gasteiger partial charge in [0.15, 0.2) is 0 Å². The Morgan fingerprint density at radius 2 is 1.81 bits per heavy atom. The van der Waals surface area contributed by atoms with Crippen LogP contribution in [0.15, 0.2) is 47.3 Å². The van der Waals surface area contributed by atoms with Gasteiger partial charge in [-0.15, -0.1) is 0 Å². The zero-order valence-corrected chi connectivity index (χ0v) is 15.0. The second kappa shape index (κ2) is 8.62. The molecule has 0 aliphatic heterocycles. The minimum absolute atomic E-state index is 0.234. The zero-order chi connectivity index (χ0) is 19.2. The third kappa shape index (κ3) is 4.81. The first kappa shape index (κ1) is 18.8. The number of carbonyl (C=O) groups excluding carboxylic acids is 1. The zero-order valence-electron chi connectivity index (χ0n) is 15.0. The molecule has 1 heterocycles. The van der Waals surface area contributed by atoms with Gasteiger partial charge >= 0.3 is 5.97 Å². The van der Waals surface area contributed by atoms with Crippen molar-refractivity contribution in [3.05, 3.63) is 52.8 Å². The molecule has 142 valence electrons. The Bertz CT molecular complexity index is 863. The summed E-state index contributed by atoms with van der Waals surface area (Å²) in [6.07, 6.45) is 3.90. The molecule has 2 N–H and O–H groups in total. The lowest BCUT2D eigenvalue weighted by atomic mass is 9.95. The van der Waals surface area contributed by atoms with Crippen molar-refractivity contribution in [1.82, 2.24) is 15.1 Å². The summed E-state index contributed by atoms with van der Waals surface area (Å²) in [5.41, 5.74) is 1.07. The summed E-state index contributed by atoms with van der Waals surface area (Å²) in [5.74, 6) is -1.87. The Hall–Kier alpha value is -2.96. The molecule has 7 nitrogen and oxygen atoms in total. The van der Waals surface area contributed by atoms with Crippen LogP contribution in [0.25, 0.3) is 11.3 Å². The Kier molecular flexibility index (Phi) is 6.01. The van der Waals surface area contributed by atoms with Crippen LogP contribution in [-0.2, 0) is 16.1 Å². The first-order chi connectivity index (χ1) is 13.0. The van der Waals surface area contributed by atoms with Crippen LogP contribution < -0.4 is 10.9 Å². The van der Waals surface area contributed by atoms with Gasteiger partial charge in [0.1, 0.15) is 6.54 Å². The van der Waals surface area contributed by atoms with E-state index in [1.807, 2.05) is 30.3 Å². The molecule has 0 saturated heterocycles. The molecule has 0 unspecified atom stereocenters. The number of carbonyl (C=O) groups is 2. The van der Waals surface area contributed by atoms with Crippen molar-refractivity contribution in [1.29, 1.82) is 0 Å². The van der Waals surface area contributed by atoms with Crippen LogP contribution in [0, 0.1) is 5.92 Å². The van der Waals surface area contributed by atoms with Crippen molar-refractivity contribution in [3.8, 4) is 11.3 Å². The van der Waals surface area contributed by atoms with Crippen molar-refractivity contribution >= 4 is 11.9 Å². The van der Waals surface area contributed by atoms with Gasteiger partial charge in [-0.3, -0.25) is 14.4 Å². The van der Waals surface area contributed by atoms with Gasteiger partial charge in [-0.1, -0.05) is 49.6 Å². The number of carboxylic acid groups (broad SMARTS) is 1. The van der Waals surface area contributed by atoms with Crippen molar-refractivity contribution in [2.75, 3.05) is 0 Å².